The molecule has 1 unspecified atom stereocenters. The van der Waals surface area contributed by atoms with Crippen LogP contribution in [0.1, 0.15) is 41.5 Å². The first-order valence-corrected chi connectivity index (χ1v) is 11.2. The van der Waals surface area contributed by atoms with Crippen molar-refractivity contribution in [2.75, 3.05) is 6.54 Å². The summed E-state index contributed by atoms with van der Waals surface area (Å²) in [6, 6.07) is 6.06. The number of aryl methyl sites for hydroxylation is 1. The number of carbonyl (C=O) groups excluding carboxylic acids is 2. The first-order chi connectivity index (χ1) is 14.5. The molecule has 2 aromatic heterocycles. The maximum Gasteiger partial charge on any atom is 0.245 e. The van der Waals surface area contributed by atoms with Gasteiger partial charge in [0.2, 0.25) is 11.8 Å². The Kier molecular flexibility index (Phi) is 5.90. The molecule has 3 heterocycles. The predicted octanol–water partition coefficient (Wildman–Crippen LogP) is 4.09. The number of thiophene rings is 1. The molecule has 0 spiro atoms. The average molecular weight is 428 g/mol. The van der Waals surface area contributed by atoms with Crippen LogP contribution in [0.2, 0.25) is 0 Å². The average Bonchev–Trinajstić information content (AvgIpc) is 3.31. The van der Waals surface area contributed by atoms with Crippen molar-refractivity contribution in [1.82, 2.24) is 15.2 Å². The molecule has 3 aromatic rings. The van der Waals surface area contributed by atoms with Crippen LogP contribution in [0.5, 0.6) is 0 Å². The lowest BCUT2D eigenvalue weighted by molar-refractivity contribution is -0.137. The third kappa shape index (κ3) is 4.12. The summed E-state index contributed by atoms with van der Waals surface area (Å²) < 4.78 is 13.7. The van der Waals surface area contributed by atoms with Gasteiger partial charge in [-0.05, 0) is 60.5 Å². The van der Waals surface area contributed by atoms with Crippen molar-refractivity contribution >= 4 is 34.1 Å². The van der Waals surface area contributed by atoms with Gasteiger partial charge in [-0.2, -0.15) is 0 Å². The number of amides is 2. The molecule has 0 saturated carbocycles. The van der Waals surface area contributed by atoms with Crippen molar-refractivity contribution in [3.63, 3.8) is 0 Å². The van der Waals surface area contributed by atoms with E-state index in [0.717, 1.165) is 29.6 Å². The highest BCUT2D eigenvalue weighted by atomic mass is 32.1. The van der Waals surface area contributed by atoms with E-state index in [9.17, 15) is 14.0 Å². The normalized spacial score (nSPS) is 14.6. The van der Waals surface area contributed by atoms with Crippen molar-refractivity contribution in [3.8, 4) is 0 Å². The van der Waals surface area contributed by atoms with Crippen LogP contribution in [0.15, 0.2) is 29.6 Å². The van der Waals surface area contributed by atoms with Gasteiger partial charge < -0.3 is 15.2 Å². The second-order valence-electron chi connectivity index (χ2n) is 7.88. The fourth-order valence-electron chi connectivity index (χ4n) is 4.19. The highest BCUT2D eigenvalue weighted by Crippen LogP contribution is 2.25. The van der Waals surface area contributed by atoms with Gasteiger partial charge in [0.15, 0.2) is 0 Å². The van der Waals surface area contributed by atoms with E-state index in [2.05, 4.69) is 21.7 Å². The van der Waals surface area contributed by atoms with Crippen LogP contribution in [0.25, 0.3) is 10.9 Å². The van der Waals surface area contributed by atoms with Gasteiger partial charge in [-0.25, -0.2) is 4.39 Å². The highest BCUT2D eigenvalue weighted by molar-refractivity contribution is 7.10. The molecular weight excluding hydrogens is 401 g/mol. The van der Waals surface area contributed by atoms with E-state index in [1.807, 2.05) is 18.7 Å². The second-order valence-corrected chi connectivity index (χ2v) is 8.88. The van der Waals surface area contributed by atoms with E-state index in [1.165, 1.54) is 22.6 Å². The third-order valence-electron chi connectivity index (χ3n) is 5.75. The minimum absolute atomic E-state index is 0.0243. The number of hydrogen-bond acceptors (Lipinski definition) is 3. The molecule has 1 aliphatic heterocycles. The summed E-state index contributed by atoms with van der Waals surface area (Å²) in [6.07, 6.45) is 2.37. The van der Waals surface area contributed by atoms with Crippen molar-refractivity contribution in [2.24, 2.45) is 0 Å². The van der Waals surface area contributed by atoms with Gasteiger partial charge in [0.1, 0.15) is 11.9 Å². The van der Waals surface area contributed by atoms with E-state index in [4.69, 9.17) is 0 Å². The molecule has 0 radical (unpaired) electrons. The van der Waals surface area contributed by atoms with Gasteiger partial charge in [-0.15, -0.1) is 11.3 Å². The number of H-pyrrole nitrogens is 1. The smallest absolute Gasteiger partial charge is 0.245 e. The van der Waals surface area contributed by atoms with Crippen LogP contribution in [0.4, 0.5) is 4.39 Å². The van der Waals surface area contributed by atoms with Crippen molar-refractivity contribution in [2.45, 2.75) is 52.1 Å². The molecule has 30 heavy (non-hydrogen) atoms. The summed E-state index contributed by atoms with van der Waals surface area (Å²) in [5.41, 5.74) is 3.62. The van der Waals surface area contributed by atoms with E-state index < -0.39 is 6.04 Å². The number of aromatic amines is 1. The van der Waals surface area contributed by atoms with E-state index in [-0.39, 0.29) is 24.1 Å². The number of nitrogens with zero attached hydrogens (tertiary/aromatic N) is 1. The zero-order valence-corrected chi connectivity index (χ0v) is 18.1. The molecule has 1 aromatic carbocycles. The van der Waals surface area contributed by atoms with E-state index in [0.29, 0.717) is 24.9 Å². The molecule has 1 aliphatic rings. The monoisotopic (exact) mass is 427 g/mol. The Hall–Kier alpha value is -2.67. The quantitative estimate of drug-likeness (QED) is 0.622. The Balaban J connectivity index is 1.47. The van der Waals surface area contributed by atoms with Gasteiger partial charge in [0.25, 0.3) is 0 Å². The van der Waals surface area contributed by atoms with E-state index in [1.54, 1.807) is 17.4 Å². The first kappa shape index (κ1) is 20.6. The third-order valence-corrected chi connectivity index (χ3v) is 6.77. The SMILES string of the molecule is CCCC(NC(=O)Cc1c(C)[nH]c2ccc(F)cc12)C(=O)N1CCc2sccc2C1. The van der Waals surface area contributed by atoms with Crippen LogP contribution in [-0.4, -0.2) is 34.3 Å². The lowest BCUT2D eigenvalue weighted by Crippen LogP contribution is -2.50. The number of carbonyl (C=O) groups is 2. The molecule has 1 atom stereocenters. The maximum absolute atomic E-state index is 13.7. The lowest BCUT2D eigenvalue weighted by atomic mass is 10.0. The van der Waals surface area contributed by atoms with Crippen LogP contribution >= 0.6 is 11.3 Å². The Morgan fingerprint density at radius 3 is 2.97 bits per heavy atom. The van der Waals surface area contributed by atoms with Crippen molar-refractivity contribution in [1.29, 1.82) is 0 Å². The second kappa shape index (κ2) is 8.60. The molecule has 158 valence electrons. The first-order valence-electron chi connectivity index (χ1n) is 10.4. The fraction of sp³-hybridized carbons (Fsp3) is 0.391. The molecule has 0 bridgehead atoms. The number of aromatic nitrogens is 1. The summed E-state index contributed by atoms with van der Waals surface area (Å²) in [7, 11) is 0. The Morgan fingerprint density at radius 1 is 1.33 bits per heavy atom. The van der Waals surface area contributed by atoms with Crippen LogP contribution < -0.4 is 5.32 Å². The number of hydrogen-bond donors (Lipinski definition) is 2. The number of benzene rings is 1. The zero-order chi connectivity index (χ0) is 21.3. The summed E-state index contributed by atoms with van der Waals surface area (Å²) in [4.78, 5) is 32.4. The molecule has 5 nitrogen and oxygen atoms in total. The van der Waals surface area contributed by atoms with Gasteiger partial charge in [0.05, 0.1) is 6.42 Å². The molecule has 0 saturated heterocycles. The summed E-state index contributed by atoms with van der Waals surface area (Å²) >= 11 is 1.74. The van der Waals surface area contributed by atoms with E-state index >= 15 is 0 Å². The predicted molar refractivity (Wildman–Crippen MR) is 117 cm³/mol. The van der Waals surface area contributed by atoms with Gasteiger partial charge >= 0.3 is 0 Å². The number of rotatable bonds is 6. The topological polar surface area (TPSA) is 65.2 Å². The number of nitrogens with one attached hydrogen (secondary N) is 2. The maximum atomic E-state index is 13.7. The number of halogens is 1. The van der Waals surface area contributed by atoms with Crippen LogP contribution in [0.3, 0.4) is 0 Å². The fourth-order valence-corrected chi connectivity index (χ4v) is 5.08. The van der Waals surface area contributed by atoms with Crippen LogP contribution in [0, 0.1) is 12.7 Å². The minimum Gasteiger partial charge on any atom is -0.358 e. The van der Waals surface area contributed by atoms with Crippen LogP contribution in [-0.2, 0) is 29.0 Å². The molecule has 0 fully saturated rings. The summed E-state index contributed by atoms with van der Waals surface area (Å²) in [5.74, 6) is -0.577. The van der Waals surface area contributed by atoms with Gasteiger partial charge in [0, 0.05) is 34.6 Å². The Bertz CT molecular complexity index is 1090. The summed E-state index contributed by atoms with van der Waals surface area (Å²) in [6.45, 7) is 5.17. The van der Waals surface area contributed by atoms with Crippen molar-refractivity contribution in [3.05, 3.63) is 57.2 Å². The zero-order valence-electron chi connectivity index (χ0n) is 17.3. The Labute approximate surface area is 179 Å². The minimum atomic E-state index is -0.537. The lowest BCUT2D eigenvalue weighted by Gasteiger charge is -2.31. The molecule has 2 amide bonds. The molecule has 0 aliphatic carbocycles. The summed E-state index contributed by atoms with van der Waals surface area (Å²) in [5, 5.41) is 5.72. The largest absolute Gasteiger partial charge is 0.358 e. The Morgan fingerprint density at radius 2 is 2.17 bits per heavy atom. The van der Waals surface area contributed by atoms with Gasteiger partial charge in [-0.1, -0.05) is 13.3 Å². The molecule has 4 rings (SSSR count). The van der Waals surface area contributed by atoms with Crippen molar-refractivity contribution < 1.29 is 14.0 Å². The highest BCUT2D eigenvalue weighted by Gasteiger charge is 2.28. The molecular formula is C23H26FN3O2S. The van der Waals surface area contributed by atoms with Gasteiger partial charge in [-0.3, -0.25) is 9.59 Å². The number of fused-ring (bicyclic) bond motifs is 2. The molecule has 2 N–H and O–H groups in total. The standard InChI is InChI=1S/C23H26FN3O2S/c1-3-4-20(23(29)27-9-7-21-15(13-27)8-10-30-21)26-22(28)12-17-14(2)25-19-6-5-16(24)11-18(17)19/h5-6,8,10-11,20,25H,3-4,7,9,12-13H2,1-2H3,(H,26,28). The molecule has 7 heteroatoms.